The number of nitrogens with one attached hydrogen (secondary N) is 1. The SMILES string of the molecule is CN(C)C(=O)c1ccc(C(=O)NCc2ccc(F)c(CO)c2)cc1. The molecule has 0 heterocycles. The lowest BCUT2D eigenvalue weighted by atomic mass is 10.1. The summed E-state index contributed by atoms with van der Waals surface area (Å²) in [4.78, 5) is 25.4. The maximum Gasteiger partial charge on any atom is 0.253 e. The highest BCUT2D eigenvalue weighted by molar-refractivity contribution is 5.97. The van der Waals surface area contributed by atoms with Gasteiger partial charge in [-0.25, -0.2) is 4.39 Å². The lowest BCUT2D eigenvalue weighted by molar-refractivity contribution is 0.0826. The maximum absolute atomic E-state index is 13.3. The zero-order valence-corrected chi connectivity index (χ0v) is 13.5. The van der Waals surface area contributed by atoms with Crippen LogP contribution >= 0.6 is 0 Å². The summed E-state index contributed by atoms with van der Waals surface area (Å²) < 4.78 is 13.3. The highest BCUT2D eigenvalue weighted by Gasteiger charge is 2.10. The molecule has 2 N–H and O–H groups in total. The second-order valence-corrected chi connectivity index (χ2v) is 5.54. The van der Waals surface area contributed by atoms with Gasteiger partial charge in [-0.05, 0) is 42.0 Å². The van der Waals surface area contributed by atoms with Crippen LogP contribution in [0.5, 0.6) is 0 Å². The second-order valence-electron chi connectivity index (χ2n) is 5.54. The third-order valence-corrected chi connectivity index (χ3v) is 3.53. The van der Waals surface area contributed by atoms with E-state index in [9.17, 15) is 14.0 Å². The van der Waals surface area contributed by atoms with Crippen molar-refractivity contribution in [3.63, 3.8) is 0 Å². The van der Waals surface area contributed by atoms with Crippen LogP contribution < -0.4 is 5.32 Å². The van der Waals surface area contributed by atoms with Crippen LogP contribution in [0, 0.1) is 5.82 Å². The van der Waals surface area contributed by atoms with Gasteiger partial charge in [0.05, 0.1) is 6.61 Å². The fraction of sp³-hybridized carbons (Fsp3) is 0.222. The highest BCUT2D eigenvalue weighted by atomic mass is 19.1. The molecular weight excluding hydrogens is 311 g/mol. The molecule has 0 aliphatic rings. The number of hydrogen-bond donors (Lipinski definition) is 2. The Balaban J connectivity index is 2.01. The van der Waals surface area contributed by atoms with Crippen molar-refractivity contribution in [2.24, 2.45) is 0 Å². The first-order chi connectivity index (χ1) is 11.4. The van der Waals surface area contributed by atoms with E-state index in [0.29, 0.717) is 16.7 Å². The van der Waals surface area contributed by atoms with Gasteiger partial charge < -0.3 is 15.3 Å². The molecule has 0 aromatic heterocycles. The van der Waals surface area contributed by atoms with Crippen LogP contribution in [-0.4, -0.2) is 35.9 Å². The number of benzene rings is 2. The standard InChI is InChI=1S/C18H19FN2O3/c1-21(2)18(24)14-6-4-13(5-7-14)17(23)20-10-12-3-8-16(19)15(9-12)11-22/h3-9,22H,10-11H2,1-2H3,(H,20,23). The molecule has 6 heteroatoms. The van der Waals surface area contributed by atoms with Gasteiger partial charge in [-0.2, -0.15) is 0 Å². The molecule has 126 valence electrons. The van der Waals surface area contributed by atoms with Crippen molar-refractivity contribution in [3.05, 3.63) is 70.5 Å². The molecule has 0 fully saturated rings. The minimum absolute atomic E-state index is 0.134. The molecule has 2 rings (SSSR count). The number of nitrogens with zero attached hydrogens (tertiary/aromatic N) is 1. The summed E-state index contributed by atoms with van der Waals surface area (Å²) in [5.41, 5.74) is 1.80. The quantitative estimate of drug-likeness (QED) is 0.880. The molecule has 0 atom stereocenters. The van der Waals surface area contributed by atoms with E-state index in [1.54, 1.807) is 44.4 Å². The van der Waals surface area contributed by atoms with Gasteiger partial charge in [0.25, 0.3) is 11.8 Å². The van der Waals surface area contributed by atoms with Crippen LogP contribution in [0.15, 0.2) is 42.5 Å². The van der Waals surface area contributed by atoms with Crippen molar-refractivity contribution >= 4 is 11.8 Å². The zero-order chi connectivity index (χ0) is 17.7. The number of halogens is 1. The van der Waals surface area contributed by atoms with E-state index in [4.69, 9.17) is 5.11 Å². The Kier molecular flexibility index (Phi) is 5.65. The Bertz CT molecular complexity index is 742. The molecule has 0 saturated heterocycles. The summed E-state index contributed by atoms with van der Waals surface area (Å²) in [6.07, 6.45) is 0. The average Bonchev–Trinajstić information content (AvgIpc) is 2.60. The topological polar surface area (TPSA) is 69.6 Å². The number of aliphatic hydroxyl groups excluding tert-OH is 1. The van der Waals surface area contributed by atoms with E-state index >= 15 is 0 Å². The van der Waals surface area contributed by atoms with E-state index in [1.807, 2.05) is 0 Å². The minimum Gasteiger partial charge on any atom is -0.392 e. The highest BCUT2D eigenvalue weighted by Crippen LogP contribution is 2.11. The molecule has 0 bridgehead atoms. The lowest BCUT2D eigenvalue weighted by Crippen LogP contribution is -2.24. The minimum atomic E-state index is -0.478. The van der Waals surface area contributed by atoms with Gasteiger partial charge in [-0.3, -0.25) is 9.59 Å². The molecule has 24 heavy (non-hydrogen) atoms. The normalized spacial score (nSPS) is 10.3. The molecule has 0 saturated carbocycles. The van der Waals surface area contributed by atoms with Crippen LogP contribution in [0.1, 0.15) is 31.8 Å². The van der Waals surface area contributed by atoms with E-state index in [0.717, 1.165) is 0 Å². The van der Waals surface area contributed by atoms with Gasteiger partial charge in [0.2, 0.25) is 0 Å². The van der Waals surface area contributed by atoms with Crippen LogP contribution in [0.3, 0.4) is 0 Å². The van der Waals surface area contributed by atoms with Crippen LogP contribution in [0.4, 0.5) is 4.39 Å². The Labute approximate surface area is 139 Å². The first-order valence-corrected chi connectivity index (χ1v) is 7.40. The largest absolute Gasteiger partial charge is 0.392 e. The van der Waals surface area contributed by atoms with Gasteiger partial charge in [0, 0.05) is 37.3 Å². The summed E-state index contributed by atoms with van der Waals surface area (Å²) in [7, 11) is 3.32. The second kappa shape index (κ2) is 7.70. The van der Waals surface area contributed by atoms with Crippen molar-refractivity contribution in [1.82, 2.24) is 10.2 Å². The smallest absolute Gasteiger partial charge is 0.253 e. The van der Waals surface area contributed by atoms with E-state index in [1.165, 1.54) is 17.0 Å². The Morgan fingerprint density at radius 3 is 2.29 bits per heavy atom. The summed E-state index contributed by atoms with van der Waals surface area (Å²) in [6, 6.07) is 10.7. The number of hydrogen-bond acceptors (Lipinski definition) is 3. The van der Waals surface area contributed by atoms with Gasteiger partial charge >= 0.3 is 0 Å². The number of amides is 2. The van der Waals surface area contributed by atoms with E-state index in [2.05, 4.69) is 5.32 Å². The van der Waals surface area contributed by atoms with Crippen molar-refractivity contribution in [1.29, 1.82) is 0 Å². The van der Waals surface area contributed by atoms with Gasteiger partial charge in [0.15, 0.2) is 0 Å². The molecule has 2 amide bonds. The predicted octanol–water partition coefficient (Wildman–Crippen LogP) is 1.95. The Hall–Kier alpha value is -2.73. The number of carbonyl (C=O) groups excluding carboxylic acids is 2. The number of rotatable bonds is 5. The van der Waals surface area contributed by atoms with Crippen LogP contribution in [-0.2, 0) is 13.2 Å². The van der Waals surface area contributed by atoms with Crippen molar-refractivity contribution in [3.8, 4) is 0 Å². The molecule has 0 spiro atoms. The van der Waals surface area contributed by atoms with E-state index in [-0.39, 0.29) is 23.9 Å². The van der Waals surface area contributed by atoms with Gasteiger partial charge in [0.1, 0.15) is 5.82 Å². The molecule has 2 aromatic rings. The Morgan fingerprint density at radius 1 is 1.08 bits per heavy atom. The third kappa shape index (κ3) is 4.17. The van der Waals surface area contributed by atoms with Crippen LogP contribution in [0.2, 0.25) is 0 Å². The molecule has 0 radical (unpaired) electrons. The summed E-state index contributed by atoms with van der Waals surface area (Å²) in [6.45, 7) is -0.181. The van der Waals surface area contributed by atoms with Crippen molar-refractivity contribution < 1.29 is 19.1 Å². The fourth-order valence-corrected chi connectivity index (χ4v) is 2.17. The summed E-state index contributed by atoms with van der Waals surface area (Å²) in [5.74, 6) is -0.910. The van der Waals surface area contributed by atoms with Crippen molar-refractivity contribution in [2.75, 3.05) is 14.1 Å². The fourth-order valence-electron chi connectivity index (χ4n) is 2.17. The van der Waals surface area contributed by atoms with Crippen molar-refractivity contribution in [2.45, 2.75) is 13.2 Å². The number of aliphatic hydroxyl groups is 1. The van der Waals surface area contributed by atoms with Crippen LogP contribution in [0.25, 0.3) is 0 Å². The molecule has 0 aliphatic heterocycles. The Morgan fingerprint density at radius 2 is 1.71 bits per heavy atom. The van der Waals surface area contributed by atoms with Gasteiger partial charge in [-0.15, -0.1) is 0 Å². The summed E-state index contributed by atoms with van der Waals surface area (Å²) >= 11 is 0. The number of carbonyl (C=O) groups is 2. The van der Waals surface area contributed by atoms with Gasteiger partial charge in [-0.1, -0.05) is 6.07 Å². The molecule has 5 nitrogen and oxygen atoms in total. The first-order valence-electron chi connectivity index (χ1n) is 7.40. The zero-order valence-electron chi connectivity index (χ0n) is 13.5. The summed E-state index contributed by atoms with van der Waals surface area (Å²) in [5, 5.41) is 11.8. The third-order valence-electron chi connectivity index (χ3n) is 3.53. The predicted molar refractivity (Wildman–Crippen MR) is 88.0 cm³/mol. The molecule has 0 unspecified atom stereocenters. The first kappa shape index (κ1) is 17.6. The monoisotopic (exact) mass is 330 g/mol. The lowest BCUT2D eigenvalue weighted by Gasteiger charge is -2.11. The van der Waals surface area contributed by atoms with E-state index < -0.39 is 12.4 Å². The molecule has 0 aliphatic carbocycles. The maximum atomic E-state index is 13.3. The average molecular weight is 330 g/mol. The molecular formula is C18H19FN2O3. The molecule has 2 aromatic carbocycles.